The van der Waals surface area contributed by atoms with Gasteiger partial charge in [0.2, 0.25) is 5.28 Å². The average molecular weight is 580 g/mol. The summed E-state index contributed by atoms with van der Waals surface area (Å²) in [5, 5.41) is -0.418. The number of benzene rings is 1. The van der Waals surface area contributed by atoms with E-state index in [0.29, 0.717) is 25.3 Å². The Morgan fingerprint density at radius 1 is 1.31 bits per heavy atom. The summed E-state index contributed by atoms with van der Waals surface area (Å²) in [6.45, 7) is 9.41. The summed E-state index contributed by atoms with van der Waals surface area (Å²) in [6.07, 6.45) is -1.84. The predicted molar refractivity (Wildman–Crippen MR) is 128 cm³/mol. The van der Waals surface area contributed by atoms with Crippen molar-refractivity contribution in [3.63, 3.8) is 0 Å². The number of aromatic nitrogens is 2. The van der Waals surface area contributed by atoms with Gasteiger partial charge in [-0.05, 0) is 73.6 Å². The van der Waals surface area contributed by atoms with Crippen LogP contribution in [0.4, 0.5) is 28.2 Å². The van der Waals surface area contributed by atoms with Crippen LogP contribution in [0.25, 0.3) is 10.9 Å². The van der Waals surface area contributed by atoms with Crippen LogP contribution in [0.5, 0.6) is 0 Å². The van der Waals surface area contributed by atoms with E-state index >= 15 is 0 Å². The van der Waals surface area contributed by atoms with Gasteiger partial charge in [-0.2, -0.15) is 18.2 Å². The number of carbonyl (C=O) groups excluding carboxylic acids is 1. The third-order valence-corrected chi connectivity index (χ3v) is 7.20. The summed E-state index contributed by atoms with van der Waals surface area (Å²) in [4.78, 5) is 24.7. The van der Waals surface area contributed by atoms with Gasteiger partial charge in [0.1, 0.15) is 22.8 Å². The zero-order chi connectivity index (χ0) is 25.9. The Bertz CT molecular complexity index is 1190. The molecule has 190 valence electrons. The summed E-state index contributed by atoms with van der Waals surface area (Å²) in [6, 6.07) is -0.573. The summed E-state index contributed by atoms with van der Waals surface area (Å²) >= 11 is 9.13. The number of ether oxygens (including phenoxy) is 1. The van der Waals surface area contributed by atoms with Crippen LogP contribution in [-0.4, -0.2) is 51.2 Å². The lowest BCUT2D eigenvalue weighted by atomic mass is 9.98. The van der Waals surface area contributed by atoms with Gasteiger partial charge < -0.3 is 9.64 Å². The van der Waals surface area contributed by atoms with Crippen molar-refractivity contribution in [2.45, 2.75) is 69.9 Å². The number of piperazine rings is 1. The number of fused-ring (bicyclic) bond motifs is 3. The minimum absolute atomic E-state index is 0.0736. The standard InChI is InChI=1S/C23H24BrClF4N4O2/c1-5-6-14-15-8-7-11(33(15)21(34)35-22(2,3)4)10-32(14)19-16-17(24)12(23(27,28)29)9-13(26)18(16)30-20(25)31-19/h5,9,11,14-15H,1,6-8,10H2,2-4H3/t11-,14-,15+/m1/s1. The Morgan fingerprint density at radius 2 is 2.00 bits per heavy atom. The Hall–Kier alpha value is -2.14. The molecule has 1 aromatic carbocycles. The van der Waals surface area contributed by atoms with Crippen molar-refractivity contribution in [3.05, 3.63) is 39.9 Å². The van der Waals surface area contributed by atoms with Crippen LogP contribution >= 0.6 is 27.5 Å². The largest absolute Gasteiger partial charge is 0.444 e. The quantitative estimate of drug-likeness (QED) is 0.229. The molecule has 3 heterocycles. The molecule has 1 aromatic heterocycles. The molecule has 3 atom stereocenters. The fourth-order valence-corrected chi connectivity index (χ4v) is 5.81. The van der Waals surface area contributed by atoms with E-state index in [1.807, 2.05) is 0 Å². The van der Waals surface area contributed by atoms with E-state index in [1.165, 1.54) is 0 Å². The van der Waals surface area contributed by atoms with Crippen molar-refractivity contribution in [3.8, 4) is 0 Å². The highest BCUT2D eigenvalue weighted by molar-refractivity contribution is 9.10. The zero-order valence-corrected chi connectivity index (χ0v) is 21.6. The maximum atomic E-state index is 14.8. The topological polar surface area (TPSA) is 58.6 Å². The van der Waals surface area contributed by atoms with Gasteiger partial charge in [-0.25, -0.2) is 14.2 Å². The molecule has 2 aromatic rings. The van der Waals surface area contributed by atoms with Crippen molar-refractivity contribution in [2.24, 2.45) is 0 Å². The molecule has 0 radical (unpaired) electrons. The minimum Gasteiger partial charge on any atom is -0.444 e. The Kier molecular flexibility index (Phi) is 6.72. The molecule has 2 fully saturated rings. The highest BCUT2D eigenvalue weighted by Crippen LogP contribution is 2.45. The first-order valence-electron chi connectivity index (χ1n) is 11.0. The van der Waals surface area contributed by atoms with Crippen LogP contribution < -0.4 is 4.90 Å². The van der Waals surface area contributed by atoms with Crippen LogP contribution in [0.15, 0.2) is 23.2 Å². The fourth-order valence-electron chi connectivity index (χ4n) is 4.94. The molecular formula is C23H24BrClF4N4O2. The minimum atomic E-state index is -4.81. The summed E-state index contributed by atoms with van der Waals surface area (Å²) in [5.41, 5.74) is -2.18. The number of anilines is 1. The molecule has 0 unspecified atom stereocenters. The molecule has 1 amide bonds. The van der Waals surface area contributed by atoms with E-state index in [9.17, 15) is 22.4 Å². The normalized spacial score (nSPS) is 22.6. The average Bonchev–Trinajstić information content (AvgIpc) is 3.05. The first kappa shape index (κ1) is 25.9. The molecule has 2 saturated heterocycles. The first-order chi connectivity index (χ1) is 16.2. The third kappa shape index (κ3) is 4.81. The molecule has 0 N–H and O–H groups in total. The number of hydrogen-bond acceptors (Lipinski definition) is 5. The SMILES string of the molecule is C=CC[C@@H]1[C@@H]2CC[C@H](CN1c1nc(Cl)nc3c(F)cc(C(F)(F)F)c(Br)c13)N2C(=O)OC(C)(C)C. The molecular weight excluding hydrogens is 556 g/mol. The second-order valence-electron chi connectivity index (χ2n) is 9.69. The number of nitrogens with zero attached hydrogens (tertiary/aromatic N) is 4. The monoisotopic (exact) mass is 578 g/mol. The van der Waals surface area contributed by atoms with E-state index < -0.39 is 35.3 Å². The van der Waals surface area contributed by atoms with Gasteiger partial charge in [-0.3, -0.25) is 4.90 Å². The summed E-state index contributed by atoms with van der Waals surface area (Å²) < 4.78 is 61.1. The van der Waals surface area contributed by atoms with Crippen molar-refractivity contribution in [1.29, 1.82) is 0 Å². The molecule has 2 aliphatic rings. The lowest BCUT2D eigenvalue weighted by molar-refractivity contribution is -0.138. The number of carbonyl (C=O) groups is 1. The molecule has 4 rings (SSSR count). The Morgan fingerprint density at radius 3 is 2.60 bits per heavy atom. The second-order valence-corrected chi connectivity index (χ2v) is 10.8. The van der Waals surface area contributed by atoms with Gasteiger partial charge in [-0.1, -0.05) is 6.08 Å². The van der Waals surface area contributed by atoms with Gasteiger partial charge in [0, 0.05) is 11.0 Å². The van der Waals surface area contributed by atoms with E-state index in [4.69, 9.17) is 16.3 Å². The van der Waals surface area contributed by atoms with Crippen molar-refractivity contribution in [1.82, 2.24) is 14.9 Å². The molecule has 12 heteroatoms. The van der Waals surface area contributed by atoms with Crippen LogP contribution in [0.3, 0.4) is 0 Å². The van der Waals surface area contributed by atoms with Gasteiger partial charge in [0.15, 0.2) is 0 Å². The van der Waals surface area contributed by atoms with E-state index in [1.54, 1.807) is 36.6 Å². The zero-order valence-electron chi connectivity index (χ0n) is 19.3. The molecule has 0 spiro atoms. The molecule has 0 saturated carbocycles. The maximum Gasteiger partial charge on any atom is 0.417 e. The number of halogens is 6. The summed E-state index contributed by atoms with van der Waals surface area (Å²) in [7, 11) is 0. The van der Waals surface area contributed by atoms with E-state index in [2.05, 4.69) is 32.5 Å². The molecule has 6 nitrogen and oxygen atoms in total. The lowest BCUT2D eigenvalue weighted by Gasteiger charge is -2.47. The van der Waals surface area contributed by atoms with Crippen LogP contribution in [0.1, 0.15) is 45.6 Å². The number of alkyl halides is 3. The molecule has 35 heavy (non-hydrogen) atoms. The van der Waals surface area contributed by atoms with Gasteiger partial charge in [-0.15, -0.1) is 6.58 Å². The smallest absolute Gasteiger partial charge is 0.417 e. The lowest BCUT2D eigenvalue weighted by Crippen LogP contribution is -2.62. The third-order valence-electron chi connectivity index (χ3n) is 6.20. The van der Waals surface area contributed by atoms with Gasteiger partial charge >= 0.3 is 12.3 Å². The van der Waals surface area contributed by atoms with E-state index in [0.717, 1.165) is 0 Å². The molecule has 0 aliphatic carbocycles. The maximum absolute atomic E-state index is 14.8. The number of hydrogen-bond donors (Lipinski definition) is 0. The molecule has 2 bridgehead atoms. The van der Waals surface area contributed by atoms with Crippen molar-refractivity contribution >= 4 is 50.3 Å². The second kappa shape index (κ2) is 9.06. The van der Waals surface area contributed by atoms with Crippen molar-refractivity contribution < 1.29 is 27.1 Å². The van der Waals surface area contributed by atoms with Crippen LogP contribution in [0, 0.1) is 5.82 Å². The van der Waals surface area contributed by atoms with Gasteiger partial charge in [0.05, 0.1) is 29.1 Å². The Labute approximate surface area is 213 Å². The highest BCUT2D eigenvalue weighted by Gasteiger charge is 2.50. The number of amides is 1. The van der Waals surface area contributed by atoms with Gasteiger partial charge in [0.25, 0.3) is 0 Å². The van der Waals surface area contributed by atoms with E-state index in [-0.39, 0.29) is 45.1 Å². The summed E-state index contributed by atoms with van der Waals surface area (Å²) in [5.74, 6) is -1.08. The molecule has 2 aliphatic heterocycles. The fraction of sp³-hybridized carbons (Fsp3) is 0.522. The first-order valence-corrected chi connectivity index (χ1v) is 12.2. The van der Waals surface area contributed by atoms with Crippen LogP contribution in [0.2, 0.25) is 5.28 Å². The highest BCUT2D eigenvalue weighted by atomic mass is 79.9. The van der Waals surface area contributed by atoms with Crippen molar-refractivity contribution in [2.75, 3.05) is 11.4 Å². The van der Waals surface area contributed by atoms with Crippen LogP contribution in [-0.2, 0) is 10.9 Å². The predicted octanol–water partition coefficient (Wildman–Crippen LogP) is 6.74. The number of rotatable bonds is 3. The Balaban J connectivity index is 1.86.